The molecule has 0 spiro atoms. The zero-order valence-corrected chi connectivity index (χ0v) is 20.2. The van der Waals surface area contributed by atoms with Crippen LogP contribution < -0.4 is 11.1 Å². The van der Waals surface area contributed by atoms with Crippen LogP contribution in [0.5, 0.6) is 0 Å². The van der Waals surface area contributed by atoms with Crippen LogP contribution in [0.3, 0.4) is 0 Å². The van der Waals surface area contributed by atoms with Gasteiger partial charge in [0.05, 0.1) is 0 Å². The zero-order valence-electron chi connectivity index (χ0n) is 20.2. The minimum atomic E-state index is -0.377. The lowest BCUT2D eigenvalue weighted by molar-refractivity contribution is -0.118. The van der Waals surface area contributed by atoms with E-state index in [0.717, 1.165) is 45.1 Å². The topological polar surface area (TPSA) is 75.3 Å². The lowest BCUT2D eigenvalue weighted by Gasteiger charge is -2.06. The van der Waals surface area contributed by atoms with Crippen LogP contribution in [-0.2, 0) is 4.79 Å². The first kappa shape index (κ1) is 29.5. The van der Waals surface area contributed by atoms with E-state index in [1.54, 1.807) is 6.92 Å². The number of nitrogens with one attached hydrogen (secondary N) is 1. The maximum absolute atomic E-state index is 10.6. The standard InChI is InChI=1S/C27H48N2O2/c1-26(30)29-25-23-21-19-17-15-13-11-9-7-5-3-2-4-6-8-10-12-14-16-18-20-22-24-27(28)31/h26,29-30H,3,5,7,9-25H2,1H3,(H2,28,31). The molecular weight excluding hydrogens is 384 g/mol. The normalized spacial score (nSPS) is 11.3. The number of hydrogen-bond acceptors (Lipinski definition) is 3. The molecule has 0 aliphatic heterocycles. The van der Waals surface area contributed by atoms with Gasteiger partial charge in [-0.25, -0.2) is 0 Å². The molecule has 178 valence electrons. The van der Waals surface area contributed by atoms with Crippen molar-refractivity contribution in [2.75, 3.05) is 6.54 Å². The van der Waals surface area contributed by atoms with Crippen molar-refractivity contribution in [3.05, 3.63) is 0 Å². The summed E-state index contributed by atoms with van der Waals surface area (Å²) >= 11 is 0. The molecule has 0 rings (SSSR count). The highest BCUT2D eigenvalue weighted by atomic mass is 16.3. The number of nitrogens with two attached hydrogens (primary N) is 1. The minimum absolute atomic E-state index is 0.187. The molecule has 0 saturated carbocycles. The van der Waals surface area contributed by atoms with Gasteiger partial charge in [0.25, 0.3) is 0 Å². The fourth-order valence-electron chi connectivity index (χ4n) is 3.50. The summed E-state index contributed by atoms with van der Waals surface area (Å²) in [6.07, 6.45) is 21.8. The molecule has 0 aromatic rings. The Bertz CT molecular complexity index is 523. The Hall–Kier alpha value is -1.49. The van der Waals surface area contributed by atoms with Crippen molar-refractivity contribution < 1.29 is 9.90 Å². The van der Waals surface area contributed by atoms with Crippen LogP contribution in [0.1, 0.15) is 129 Å². The SMILES string of the molecule is CC(O)NCCCCCCCCCCCCC#CC#CCCCCCCCCC(N)=O. The van der Waals surface area contributed by atoms with Crippen LogP contribution in [0, 0.1) is 23.7 Å². The van der Waals surface area contributed by atoms with Crippen LogP contribution in [0.15, 0.2) is 0 Å². The Labute approximate surface area is 192 Å². The predicted octanol–water partition coefficient (Wildman–Crippen LogP) is 5.82. The zero-order chi connectivity index (χ0) is 22.8. The van der Waals surface area contributed by atoms with Gasteiger partial charge in [0.1, 0.15) is 6.23 Å². The van der Waals surface area contributed by atoms with Crippen molar-refractivity contribution in [2.24, 2.45) is 5.73 Å². The average Bonchev–Trinajstić information content (AvgIpc) is 2.73. The number of rotatable bonds is 21. The second-order valence-corrected chi connectivity index (χ2v) is 8.61. The Morgan fingerprint density at radius 2 is 1.10 bits per heavy atom. The van der Waals surface area contributed by atoms with Gasteiger partial charge in [-0.3, -0.25) is 10.1 Å². The van der Waals surface area contributed by atoms with E-state index in [-0.39, 0.29) is 12.1 Å². The first-order valence-electron chi connectivity index (χ1n) is 12.8. The van der Waals surface area contributed by atoms with Gasteiger partial charge >= 0.3 is 0 Å². The van der Waals surface area contributed by atoms with E-state index in [4.69, 9.17) is 10.8 Å². The Morgan fingerprint density at radius 1 is 0.710 bits per heavy atom. The Morgan fingerprint density at radius 3 is 1.52 bits per heavy atom. The first-order valence-corrected chi connectivity index (χ1v) is 12.8. The van der Waals surface area contributed by atoms with Crippen molar-refractivity contribution >= 4 is 5.91 Å². The highest BCUT2D eigenvalue weighted by molar-refractivity contribution is 5.73. The largest absolute Gasteiger partial charge is 0.379 e. The number of primary amides is 1. The fraction of sp³-hybridized carbons (Fsp3) is 0.815. The van der Waals surface area contributed by atoms with Gasteiger partial charge in [-0.1, -0.05) is 88.9 Å². The molecule has 4 N–H and O–H groups in total. The van der Waals surface area contributed by atoms with Gasteiger partial charge in [-0.05, 0) is 51.0 Å². The predicted molar refractivity (Wildman–Crippen MR) is 132 cm³/mol. The third kappa shape index (κ3) is 28.5. The molecule has 0 heterocycles. The molecule has 0 aliphatic carbocycles. The number of aliphatic hydroxyl groups is 1. The summed E-state index contributed by atoms with van der Waals surface area (Å²) in [5, 5.41) is 12.1. The summed E-state index contributed by atoms with van der Waals surface area (Å²) in [5.74, 6) is 12.1. The quantitative estimate of drug-likeness (QED) is 0.122. The summed E-state index contributed by atoms with van der Waals surface area (Å²) in [5.41, 5.74) is 5.12. The molecule has 0 fully saturated rings. The van der Waals surface area contributed by atoms with Crippen molar-refractivity contribution in [1.82, 2.24) is 5.32 Å². The van der Waals surface area contributed by atoms with E-state index >= 15 is 0 Å². The lowest BCUT2D eigenvalue weighted by Crippen LogP contribution is -2.26. The van der Waals surface area contributed by atoms with Crippen LogP contribution in [0.2, 0.25) is 0 Å². The van der Waals surface area contributed by atoms with Crippen molar-refractivity contribution in [3.8, 4) is 23.7 Å². The number of amides is 1. The van der Waals surface area contributed by atoms with Gasteiger partial charge in [-0.2, -0.15) is 0 Å². The monoisotopic (exact) mass is 432 g/mol. The van der Waals surface area contributed by atoms with E-state index in [1.807, 2.05) is 0 Å². The van der Waals surface area contributed by atoms with Crippen LogP contribution >= 0.6 is 0 Å². The second kappa shape index (κ2) is 24.8. The molecule has 0 aromatic heterocycles. The number of carbonyl (C=O) groups excluding carboxylic acids is 1. The number of unbranched alkanes of at least 4 members (excludes halogenated alkanes) is 16. The minimum Gasteiger partial charge on any atom is -0.379 e. The molecule has 0 aliphatic rings. The van der Waals surface area contributed by atoms with Crippen molar-refractivity contribution in [2.45, 2.75) is 135 Å². The van der Waals surface area contributed by atoms with E-state index in [0.29, 0.717) is 6.42 Å². The lowest BCUT2D eigenvalue weighted by atomic mass is 10.1. The van der Waals surface area contributed by atoms with E-state index in [1.165, 1.54) is 77.0 Å². The van der Waals surface area contributed by atoms with Crippen molar-refractivity contribution in [3.63, 3.8) is 0 Å². The number of carbonyl (C=O) groups is 1. The van der Waals surface area contributed by atoms with Gasteiger partial charge in [0, 0.05) is 19.3 Å². The molecule has 4 heteroatoms. The van der Waals surface area contributed by atoms with Gasteiger partial charge in [-0.15, -0.1) is 0 Å². The summed E-state index contributed by atoms with van der Waals surface area (Å²) in [7, 11) is 0. The molecule has 0 aromatic carbocycles. The van der Waals surface area contributed by atoms with Crippen molar-refractivity contribution in [1.29, 1.82) is 0 Å². The van der Waals surface area contributed by atoms with E-state index < -0.39 is 0 Å². The highest BCUT2D eigenvalue weighted by Crippen LogP contribution is 2.11. The van der Waals surface area contributed by atoms with Gasteiger partial charge in [0.2, 0.25) is 5.91 Å². The first-order chi connectivity index (χ1) is 15.1. The van der Waals surface area contributed by atoms with Crippen LogP contribution in [0.25, 0.3) is 0 Å². The van der Waals surface area contributed by atoms with E-state index in [9.17, 15) is 4.79 Å². The molecule has 0 saturated heterocycles. The van der Waals surface area contributed by atoms with Gasteiger partial charge in [0.15, 0.2) is 0 Å². The summed E-state index contributed by atoms with van der Waals surface area (Å²) in [6.45, 7) is 2.69. The molecule has 31 heavy (non-hydrogen) atoms. The van der Waals surface area contributed by atoms with Crippen LogP contribution in [-0.4, -0.2) is 23.8 Å². The Balaban J connectivity index is 3.24. The average molecular weight is 433 g/mol. The Kier molecular flexibility index (Phi) is 23.6. The highest BCUT2D eigenvalue weighted by Gasteiger charge is 1.96. The maximum Gasteiger partial charge on any atom is 0.217 e. The fourth-order valence-corrected chi connectivity index (χ4v) is 3.50. The summed E-state index contributed by atoms with van der Waals surface area (Å²) < 4.78 is 0. The smallest absolute Gasteiger partial charge is 0.217 e. The molecule has 1 amide bonds. The number of aliphatic hydroxyl groups excluding tert-OH is 1. The molecule has 0 radical (unpaired) electrons. The third-order valence-corrected chi connectivity index (χ3v) is 5.38. The summed E-state index contributed by atoms with van der Waals surface area (Å²) in [6, 6.07) is 0. The molecule has 0 bridgehead atoms. The van der Waals surface area contributed by atoms with Crippen LogP contribution in [0.4, 0.5) is 0 Å². The maximum atomic E-state index is 10.6. The molecular formula is C27H48N2O2. The third-order valence-electron chi connectivity index (χ3n) is 5.38. The summed E-state index contributed by atoms with van der Waals surface area (Å²) in [4.78, 5) is 10.6. The second-order valence-electron chi connectivity index (χ2n) is 8.61. The van der Waals surface area contributed by atoms with E-state index in [2.05, 4.69) is 29.0 Å². The number of hydrogen-bond donors (Lipinski definition) is 3. The molecule has 4 nitrogen and oxygen atoms in total. The molecule has 1 atom stereocenters. The molecule has 1 unspecified atom stereocenters. The van der Waals surface area contributed by atoms with Gasteiger partial charge < -0.3 is 10.8 Å².